The first kappa shape index (κ1) is 30.6. The summed E-state index contributed by atoms with van der Waals surface area (Å²) in [4.78, 5) is 29.7. The number of hydrogen-bond acceptors (Lipinski definition) is 7. The molecule has 3 N–H and O–H groups in total. The van der Waals surface area contributed by atoms with Crippen LogP contribution in [0.4, 0.5) is 0 Å². The van der Waals surface area contributed by atoms with Gasteiger partial charge in [-0.15, -0.1) is 0 Å². The zero-order valence-electron chi connectivity index (χ0n) is 22.0. The summed E-state index contributed by atoms with van der Waals surface area (Å²) in [5.41, 5.74) is 1.24. The average molecular weight is 537 g/mol. The molecule has 0 bridgehead atoms. The third kappa shape index (κ3) is 9.67. The van der Waals surface area contributed by atoms with Crippen molar-refractivity contribution >= 4 is 29.2 Å². The monoisotopic (exact) mass is 536 g/mol. The van der Waals surface area contributed by atoms with Crippen molar-refractivity contribution in [1.29, 1.82) is 0 Å². The summed E-state index contributed by atoms with van der Waals surface area (Å²) in [6, 6.07) is 1.09. The molecule has 1 unspecified atom stereocenters. The van der Waals surface area contributed by atoms with Crippen LogP contribution < -0.4 is 0 Å². The molecular weight excluding hydrogens is 496 g/mol. The highest BCUT2D eigenvalue weighted by atomic mass is 35.5. The Labute approximate surface area is 225 Å². The van der Waals surface area contributed by atoms with Crippen molar-refractivity contribution in [2.24, 2.45) is 4.99 Å². The van der Waals surface area contributed by atoms with Gasteiger partial charge in [-0.3, -0.25) is 9.79 Å². The number of carbonyl (C=O) groups excluding carboxylic acids is 2. The van der Waals surface area contributed by atoms with Crippen LogP contribution in [0.15, 0.2) is 23.2 Å². The van der Waals surface area contributed by atoms with E-state index >= 15 is 0 Å². The summed E-state index contributed by atoms with van der Waals surface area (Å²) >= 11 is 6.28. The van der Waals surface area contributed by atoms with Crippen molar-refractivity contribution in [3.63, 3.8) is 0 Å². The van der Waals surface area contributed by atoms with Gasteiger partial charge in [-0.25, -0.2) is 4.79 Å². The highest BCUT2D eigenvalue weighted by Crippen LogP contribution is 2.37. The fourth-order valence-corrected chi connectivity index (χ4v) is 4.73. The predicted octanol–water partition coefficient (Wildman–Crippen LogP) is 5.20. The Hall–Kier alpha value is -2.58. The summed E-state index contributed by atoms with van der Waals surface area (Å²) in [7, 11) is 1.70. The number of amides is 1. The third-order valence-electron chi connectivity index (χ3n) is 6.60. The number of carbonyl (C=O) groups is 2. The van der Waals surface area contributed by atoms with Crippen LogP contribution in [0.25, 0.3) is 0 Å². The van der Waals surface area contributed by atoms with Gasteiger partial charge in [0, 0.05) is 44.8 Å². The topological polar surface area (TPSA) is 120 Å². The summed E-state index contributed by atoms with van der Waals surface area (Å²) in [6.45, 7) is 3.37. The SMILES string of the molecule is CCCC1C/C=C/CCCCC(=NC)Cc2c(Cl)c(O)cc(O)c2C(=O)O1.O=C(CO)N1CCCCC1. The predicted molar refractivity (Wildman–Crippen MR) is 146 cm³/mol. The lowest BCUT2D eigenvalue weighted by atomic mass is 9.97. The molecule has 1 aromatic rings. The van der Waals surface area contributed by atoms with Crippen molar-refractivity contribution in [2.75, 3.05) is 26.7 Å². The maximum atomic E-state index is 12.9. The molecule has 0 radical (unpaired) electrons. The molecule has 2 aliphatic heterocycles. The lowest BCUT2D eigenvalue weighted by Crippen LogP contribution is -2.37. The summed E-state index contributed by atoms with van der Waals surface area (Å²) < 4.78 is 5.68. The highest BCUT2D eigenvalue weighted by Gasteiger charge is 2.26. The fourth-order valence-electron chi connectivity index (χ4n) is 4.52. The van der Waals surface area contributed by atoms with Gasteiger partial charge >= 0.3 is 5.97 Å². The minimum atomic E-state index is -0.622. The quantitative estimate of drug-likeness (QED) is 0.360. The number of aliphatic imine (C=N–C) groups is 1. The van der Waals surface area contributed by atoms with E-state index in [0.717, 1.165) is 76.2 Å². The van der Waals surface area contributed by atoms with E-state index in [0.29, 0.717) is 12.0 Å². The third-order valence-corrected chi connectivity index (χ3v) is 7.02. The smallest absolute Gasteiger partial charge is 0.342 e. The van der Waals surface area contributed by atoms with E-state index in [1.807, 2.05) is 6.92 Å². The Morgan fingerprint density at radius 2 is 1.86 bits per heavy atom. The van der Waals surface area contributed by atoms with Crippen LogP contribution in [0.1, 0.15) is 87.1 Å². The second-order valence-corrected chi connectivity index (χ2v) is 9.80. The Balaban J connectivity index is 0.000000402. The van der Waals surface area contributed by atoms with Gasteiger partial charge in [0.1, 0.15) is 29.8 Å². The maximum Gasteiger partial charge on any atom is 0.342 e. The molecule has 1 fully saturated rings. The number of aromatic hydroxyl groups is 2. The van der Waals surface area contributed by atoms with Crippen LogP contribution in [-0.4, -0.2) is 70.7 Å². The lowest BCUT2D eigenvalue weighted by molar-refractivity contribution is -0.135. The van der Waals surface area contributed by atoms with E-state index in [2.05, 4.69) is 17.1 Å². The van der Waals surface area contributed by atoms with Crippen molar-refractivity contribution in [3.05, 3.63) is 34.4 Å². The van der Waals surface area contributed by atoms with Crippen LogP contribution in [0.3, 0.4) is 0 Å². The maximum absolute atomic E-state index is 12.9. The van der Waals surface area contributed by atoms with E-state index in [1.165, 1.54) is 6.42 Å². The average Bonchev–Trinajstić information content (AvgIpc) is 2.90. The van der Waals surface area contributed by atoms with E-state index in [1.54, 1.807) is 11.9 Å². The van der Waals surface area contributed by atoms with E-state index in [9.17, 15) is 19.8 Å². The number of esters is 1. The van der Waals surface area contributed by atoms with Crippen LogP contribution in [-0.2, 0) is 16.0 Å². The molecule has 1 atom stereocenters. The van der Waals surface area contributed by atoms with E-state index in [-0.39, 0.29) is 47.1 Å². The normalized spacial score (nSPS) is 21.2. The Kier molecular flexibility index (Phi) is 13.5. The number of cyclic esters (lactones) is 1. The van der Waals surface area contributed by atoms with Gasteiger partial charge in [0.05, 0.1) is 5.02 Å². The number of ether oxygens (including phenoxy) is 1. The first-order valence-electron chi connectivity index (χ1n) is 13.2. The number of rotatable bonds is 3. The van der Waals surface area contributed by atoms with Crippen molar-refractivity contribution in [2.45, 2.75) is 83.7 Å². The molecule has 3 rings (SSSR count). The first-order valence-corrected chi connectivity index (χ1v) is 13.6. The van der Waals surface area contributed by atoms with Gasteiger partial charge in [0.2, 0.25) is 5.91 Å². The Morgan fingerprint density at radius 1 is 1.14 bits per heavy atom. The molecule has 0 spiro atoms. The largest absolute Gasteiger partial charge is 0.507 e. The first-order chi connectivity index (χ1) is 17.8. The number of fused-ring (bicyclic) bond motifs is 1. The number of aliphatic hydroxyl groups is 1. The molecule has 0 aromatic heterocycles. The molecule has 0 saturated carbocycles. The molecule has 8 nitrogen and oxygen atoms in total. The second kappa shape index (κ2) is 16.3. The molecular formula is C28H41ClN2O6. The molecule has 9 heteroatoms. The summed E-state index contributed by atoms with van der Waals surface area (Å²) in [5.74, 6) is -1.33. The van der Waals surface area contributed by atoms with Crippen LogP contribution in [0.2, 0.25) is 5.02 Å². The van der Waals surface area contributed by atoms with Crippen LogP contribution in [0, 0.1) is 0 Å². The molecule has 1 aromatic carbocycles. The zero-order chi connectivity index (χ0) is 27.2. The number of likely N-dealkylation sites (tertiary alicyclic amines) is 1. The number of halogens is 1. The number of piperidine rings is 1. The van der Waals surface area contributed by atoms with Gasteiger partial charge in [-0.1, -0.05) is 37.1 Å². The van der Waals surface area contributed by atoms with Crippen molar-refractivity contribution < 1.29 is 29.6 Å². The fraction of sp³-hybridized carbons (Fsp3) is 0.607. The van der Waals surface area contributed by atoms with Gasteiger partial charge in [-0.2, -0.15) is 0 Å². The standard InChI is InChI=1S/C21H28ClNO4.C7H13NO2/c1-3-9-15-11-8-6-4-5-7-10-14(23-2)12-16-19(21(26)27-15)17(24)13-18(25)20(16)22;9-6-7(10)8-4-2-1-3-5-8/h6,8,13,15,24-25H,3-5,7,9-12H2,1-2H3;9H,1-6H2/b8-6+,23-14?;. The van der Waals surface area contributed by atoms with Gasteiger partial charge < -0.3 is 25.0 Å². The van der Waals surface area contributed by atoms with E-state index < -0.39 is 5.97 Å². The molecule has 1 saturated heterocycles. The zero-order valence-corrected chi connectivity index (χ0v) is 22.8. The Morgan fingerprint density at radius 3 is 2.51 bits per heavy atom. The van der Waals surface area contributed by atoms with Gasteiger partial charge in [-0.05, 0) is 56.9 Å². The van der Waals surface area contributed by atoms with Crippen molar-refractivity contribution in [1.82, 2.24) is 4.90 Å². The van der Waals surface area contributed by atoms with Crippen LogP contribution >= 0.6 is 11.6 Å². The number of hydrogen-bond donors (Lipinski definition) is 3. The number of allylic oxidation sites excluding steroid dienone is 1. The lowest BCUT2D eigenvalue weighted by Gasteiger charge is -2.25. The second-order valence-electron chi connectivity index (χ2n) is 9.42. The molecule has 206 valence electrons. The minimum absolute atomic E-state index is 0.0149. The molecule has 2 aliphatic rings. The summed E-state index contributed by atoms with van der Waals surface area (Å²) in [6.07, 6.45) is 13.6. The van der Waals surface area contributed by atoms with Crippen LogP contribution in [0.5, 0.6) is 11.5 Å². The molecule has 1 amide bonds. The Bertz CT molecular complexity index is 956. The highest BCUT2D eigenvalue weighted by molar-refractivity contribution is 6.33. The molecule has 37 heavy (non-hydrogen) atoms. The molecule has 0 aliphatic carbocycles. The summed E-state index contributed by atoms with van der Waals surface area (Å²) in [5, 5.41) is 28.9. The number of benzene rings is 1. The van der Waals surface area contributed by atoms with Gasteiger partial charge in [0.15, 0.2) is 0 Å². The van der Waals surface area contributed by atoms with Gasteiger partial charge in [0.25, 0.3) is 0 Å². The minimum Gasteiger partial charge on any atom is -0.507 e. The number of phenols is 2. The number of aliphatic hydroxyl groups excluding tert-OH is 1. The molecule has 2 heterocycles. The number of nitrogens with zero attached hydrogens (tertiary/aromatic N) is 2. The van der Waals surface area contributed by atoms with E-state index in [4.69, 9.17) is 21.4 Å². The number of phenolic OH excluding ortho intramolecular Hbond substituents is 2. The van der Waals surface area contributed by atoms with Crippen molar-refractivity contribution in [3.8, 4) is 11.5 Å².